The zero-order valence-corrected chi connectivity index (χ0v) is 15.8. The number of thiocarbonyl (C=S) groups is 1. The Labute approximate surface area is 157 Å². The molecule has 0 bridgehead atoms. The second-order valence-corrected chi connectivity index (χ2v) is 6.64. The van der Waals surface area contributed by atoms with Crippen LogP contribution in [0.15, 0.2) is 48.5 Å². The molecule has 0 saturated carbocycles. The van der Waals surface area contributed by atoms with Gasteiger partial charge in [-0.05, 0) is 42.4 Å². The van der Waals surface area contributed by atoms with E-state index in [4.69, 9.17) is 17.0 Å². The Balaban J connectivity index is 1.71. The molecule has 0 aliphatic heterocycles. The fourth-order valence-electron chi connectivity index (χ4n) is 2.09. The molecular weight excluding hydrogens is 354 g/mol. The van der Waals surface area contributed by atoms with E-state index in [1.807, 2.05) is 36.4 Å². The Morgan fingerprint density at radius 3 is 2.60 bits per heavy atom. The minimum atomic E-state index is -0.136. The highest BCUT2D eigenvalue weighted by Gasteiger charge is 2.06. The van der Waals surface area contributed by atoms with Crippen molar-refractivity contribution in [2.45, 2.75) is 12.7 Å². The number of carbonyl (C=O) groups excluding carboxylic acids is 1. The van der Waals surface area contributed by atoms with Gasteiger partial charge in [-0.1, -0.05) is 36.4 Å². The summed E-state index contributed by atoms with van der Waals surface area (Å²) in [6, 6.07) is 15.6. The number of hydrazine groups is 1. The molecule has 7 heteroatoms. The van der Waals surface area contributed by atoms with E-state index in [1.165, 1.54) is 11.1 Å². The minimum Gasteiger partial charge on any atom is -0.495 e. The molecule has 1 amide bonds. The molecule has 0 aromatic heterocycles. The average Bonchev–Trinajstić information content (AvgIpc) is 2.62. The Morgan fingerprint density at radius 1 is 1.12 bits per heavy atom. The molecule has 0 radical (unpaired) electrons. The van der Waals surface area contributed by atoms with Gasteiger partial charge < -0.3 is 10.1 Å². The lowest BCUT2D eigenvalue weighted by atomic mass is 10.1. The van der Waals surface area contributed by atoms with Crippen molar-refractivity contribution in [3.8, 4) is 5.75 Å². The molecular formula is C18H21N3O2S2. The van der Waals surface area contributed by atoms with Crippen LogP contribution in [-0.2, 0) is 10.5 Å². The van der Waals surface area contributed by atoms with E-state index in [9.17, 15) is 4.79 Å². The number of hydrogen-bond donors (Lipinski definition) is 3. The van der Waals surface area contributed by atoms with Crippen LogP contribution in [0.2, 0.25) is 0 Å². The van der Waals surface area contributed by atoms with Crippen LogP contribution in [0.1, 0.15) is 11.1 Å². The van der Waals surface area contributed by atoms with Crippen LogP contribution in [-0.4, -0.2) is 23.9 Å². The first kappa shape index (κ1) is 19.1. The zero-order valence-electron chi connectivity index (χ0n) is 14.2. The van der Waals surface area contributed by atoms with Gasteiger partial charge in [-0.15, -0.1) is 11.8 Å². The first-order valence-electron chi connectivity index (χ1n) is 7.71. The lowest BCUT2D eigenvalue weighted by molar-refractivity contribution is -0.119. The number of carbonyl (C=O) groups is 1. The van der Waals surface area contributed by atoms with Gasteiger partial charge in [0.05, 0.1) is 18.6 Å². The molecule has 132 valence electrons. The third-order valence-corrected chi connectivity index (χ3v) is 4.61. The molecule has 5 nitrogen and oxygen atoms in total. The minimum absolute atomic E-state index is 0.136. The molecule has 0 aliphatic rings. The predicted octanol–water partition coefficient (Wildman–Crippen LogP) is 3.25. The number of thioether (sulfide) groups is 1. The summed E-state index contributed by atoms with van der Waals surface area (Å²) in [5.74, 6) is 1.68. The van der Waals surface area contributed by atoms with Crippen molar-refractivity contribution < 1.29 is 9.53 Å². The number of benzene rings is 2. The highest BCUT2D eigenvalue weighted by Crippen LogP contribution is 2.22. The molecule has 0 saturated heterocycles. The van der Waals surface area contributed by atoms with Crippen molar-refractivity contribution in [1.82, 2.24) is 10.9 Å². The lowest BCUT2D eigenvalue weighted by Gasteiger charge is -2.13. The second kappa shape index (κ2) is 9.90. The molecule has 0 unspecified atom stereocenters. The molecule has 0 spiro atoms. The maximum absolute atomic E-state index is 11.9. The van der Waals surface area contributed by atoms with Crippen molar-refractivity contribution in [2.75, 3.05) is 18.2 Å². The van der Waals surface area contributed by atoms with Gasteiger partial charge in [-0.2, -0.15) is 0 Å². The summed E-state index contributed by atoms with van der Waals surface area (Å²) in [7, 11) is 1.59. The van der Waals surface area contributed by atoms with Gasteiger partial charge in [0, 0.05) is 5.75 Å². The molecule has 0 aliphatic carbocycles. The maximum atomic E-state index is 11.9. The molecule has 2 aromatic rings. The SMILES string of the molecule is COc1ccccc1NC(=S)NNC(=O)CSCc1ccccc1C. The second-order valence-electron chi connectivity index (χ2n) is 5.25. The summed E-state index contributed by atoms with van der Waals surface area (Å²) in [4.78, 5) is 11.9. The van der Waals surface area contributed by atoms with E-state index in [0.717, 1.165) is 11.4 Å². The Morgan fingerprint density at radius 2 is 1.84 bits per heavy atom. The van der Waals surface area contributed by atoms with Crippen LogP contribution < -0.4 is 20.9 Å². The molecule has 3 N–H and O–H groups in total. The number of nitrogens with one attached hydrogen (secondary N) is 3. The lowest BCUT2D eigenvalue weighted by Crippen LogP contribution is -2.44. The highest BCUT2D eigenvalue weighted by molar-refractivity contribution is 7.99. The molecule has 0 atom stereocenters. The summed E-state index contributed by atoms with van der Waals surface area (Å²) < 4.78 is 5.24. The van der Waals surface area contributed by atoms with Crippen molar-refractivity contribution in [3.05, 3.63) is 59.7 Å². The quantitative estimate of drug-likeness (QED) is 0.532. The van der Waals surface area contributed by atoms with Gasteiger partial charge in [0.1, 0.15) is 5.75 Å². The molecule has 25 heavy (non-hydrogen) atoms. The average molecular weight is 376 g/mol. The van der Waals surface area contributed by atoms with Gasteiger partial charge in [0.25, 0.3) is 0 Å². The zero-order chi connectivity index (χ0) is 18.1. The van der Waals surface area contributed by atoms with E-state index in [1.54, 1.807) is 18.9 Å². The van der Waals surface area contributed by atoms with E-state index in [2.05, 4.69) is 35.2 Å². The first-order chi connectivity index (χ1) is 12.1. The Bertz CT molecular complexity index is 738. The number of anilines is 1. The number of aryl methyl sites for hydroxylation is 1. The van der Waals surface area contributed by atoms with Crippen LogP contribution in [0.3, 0.4) is 0 Å². The van der Waals surface area contributed by atoms with Gasteiger partial charge in [0.2, 0.25) is 5.91 Å². The fourth-order valence-corrected chi connectivity index (χ4v) is 3.15. The van der Waals surface area contributed by atoms with E-state index < -0.39 is 0 Å². The summed E-state index contributed by atoms with van der Waals surface area (Å²) in [5, 5.41) is 3.27. The van der Waals surface area contributed by atoms with Crippen LogP contribution in [0.4, 0.5) is 5.69 Å². The van der Waals surface area contributed by atoms with Gasteiger partial charge >= 0.3 is 0 Å². The normalized spacial score (nSPS) is 10.0. The fraction of sp³-hybridized carbons (Fsp3) is 0.222. The molecule has 0 heterocycles. The standard InChI is InChI=1S/C18H21N3O2S2/c1-13-7-3-4-8-14(13)11-25-12-17(22)20-21-18(24)19-15-9-5-6-10-16(15)23-2/h3-10H,11-12H2,1-2H3,(H,20,22)(H2,19,21,24). The largest absolute Gasteiger partial charge is 0.495 e. The number of para-hydroxylation sites is 2. The van der Waals surface area contributed by atoms with Crippen LogP contribution >= 0.6 is 24.0 Å². The summed E-state index contributed by atoms with van der Waals surface area (Å²) in [6.07, 6.45) is 0. The number of hydrogen-bond acceptors (Lipinski definition) is 4. The van der Waals surface area contributed by atoms with Crippen molar-refractivity contribution >= 4 is 40.7 Å². The van der Waals surface area contributed by atoms with Crippen molar-refractivity contribution in [1.29, 1.82) is 0 Å². The van der Waals surface area contributed by atoms with E-state index in [-0.39, 0.29) is 5.91 Å². The smallest absolute Gasteiger partial charge is 0.248 e. The molecule has 2 rings (SSSR count). The monoisotopic (exact) mass is 375 g/mol. The topological polar surface area (TPSA) is 62.4 Å². The van der Waals surface area contributed by atoms with Crippen molar-refractivity contribution in [3.63, 3.8) is 0 Å². The van der Waals surface area contributed by atoms with Gasteiger partial charge in [0.15, 0.2) is 5.11 Å². The van der Waals surface area contributed by atoms with Crippen molar-refractivity contribution in [2.24, 2.45) is 0 Å². The molecule has 0 fully saturated rings. The number of methoxy groups -OCH3 is 1. The molecule has 2 aromatic carbocycles. The Kier molecular flexibility index (Phi) is 7.56. The summed E-state index contributed by atoms with van der Waals surface area (Å²) in [6.45, 7) is 2.07. The number of ether oxygens (including phenoxy) is 1. The van der Waals surface area contributed by atoms with Crippen LogP contribution in [0.25, 0.3) is 0 Å². The van der Waals surface area contributed by atoms with Gasteiger partial charge in [-0.3, -0.25) is 15.6 Å². The summed E-state index contributed by atoms with van der Waals surface area (Å²) >= 11 is 6.72. The first-order valence-corrected chi connectivity index (χ1v) is 9.27. The maximum Gasteiger partial charge on any atom is 0.248 e. The van der Waals surface area contributed by atoms with E-state index >= 15 is 0 Å². The third-order valence-electron chi connectivity index (χ3n) is 3.42. The van der Waals surface area contributed by atoms with Gasteiger partial charge in [-0.25, -0.2) is 0 Å². The highest BCUT2D eigenvalue weighted by atomic mass is 32.2. The number of amides is 1. The predicted molar refractivity (Wildman–Crippen MR) is 108 cm³/mol. The Hall–Kier alpha value is -2.25. The summed E-state index contributed by atoms with van der Waals surface area (Å²) in [5.41, 5.74) is 8.48. The third kappa shape index (κ3) is 6.28. The van der Waals surface area contributed by atoms with E-state index in [0.29, 0.717) is 16.6 Å². The number of rotatable bonds is 6. The van der Waals surface area contributed by atoms with Crippen LogP contribution in [0.5, 0.6) is 5.75 Å². The van der Waals surface area contributed by atoms with Crippen LogP contribution in [0, 0.1) is 6.92 Å².